The number of hydrogen-bond donors (Lipinski definition) is 2. The first-order valence-electron chi connectivity index (χ1n) is 6.67. The van der Waals surface area contributed by atoms with Gasteiger partial charge in [0, 0.05) is 0 Å². The van der Waals surface area contributed by atoms with E-state index in [-0.39, 0.29) is 13.0 Å². The highest BCUT2D eigenvalue weighted by atomic mass is 16.5. The van der Waals surface area contributed by atoms with Crippen molar-refractivity contribution in [3.63, 3.8) is 0 Å². The van der Waals surface area contributed by atoms with Gasteiger partial charge in [-0.15, -0.1) is 6.58 Å². The Morgan fingerprint density at radius 2 is 2.00 bits per heavy atom. The van der Waals surface area contributed by atoms with Gasteiger partial charge in [-0.2, -0.15) is 0 Å². The van der Waals surface area contributed by atoms with Crippen LogP contribution in [0.4, 0.5) is 4.79 Å². The monoisotopic (exact) mass is 291 g/mol. The summed E-state index contributed by atoms with van der Waals surface area (Å²) >= 11 is 0. The first-order chi connectivity index (χ1) is 9.84. The zero-order valence-corrected chi connectivity index (χ0v) is 12.3. The highest BCUT2D eigenvalue weighted by molar-refractivity contribution is 5.79. The molecular formula is C16H21NO4. The van der Waals surface area contributed by atoms with Crippen LogP contribution in [0.5, 0.6) is 0 Å². The normalized spacial score (nSPS) is 12.3. The van der Waals surface area contributed by atoms with Crippen molar-refractivity contribution in [3.05, 3.63) is 48.6 Å². The minimum absolute atomic E-state index is 0.101. The van der Waals surface area contributed by atoms with Crippen LogP contribution in [-0.2, 0) is 16.1 Å². The number of amides is 1. The molecule has 5 heteroatoms. The molecule has 0 bridgehead atoms. The molecule has 0 saturated heterocycles. The average Bonchev–Trinajstić information content (AvgIpc) is 2.45. The van der Waals surface area contributed by atoms with Gasteiger partial charge < -0.3 is 15.2 Å². The van der Waals surface area contributed by atoms with E-state index >= 15 is 0 Å². The van der Waals surface area contributed by atoms with E-state index in [1.54, 1.807) is 6.08 Å². The number of rotatable bonds is 7. The van der Waals surface area contributed by atoms with Gasteiger partial charge in [-0.1, -0.05) is 50.3 Å². The summed E-state index contributed by atoms with van der Waals surface area (Å²) in [6, 6.07) is 8.17. The summed E-state index contributed by atoms with van der Waals surface area (Å²) in [6.45, 7) is 7.47. The third-order valence-corrected chi connectivity index (χ3v) is 3.09. The van der Waals surface area contributed by atoms with Crippen LogP contribution in [-0.4, -0.2) is 23.2 Å². The first kappa shape index (κ1) is 16.8. The fourth-order valence-corrected chi connectivity index (χ4v) is 1.72. The number of carboxylic acids is 1. The van der Waals surface area contributed by atoms with E-state index in [2.05, 4.69) is 11.9 Å². The van der Waals surface area contributed by atoms with Gasteiger partial charge in [-0.3, -0.25) is 0 Å². The van der Waals surface area contributed by atoms with Crippen molar-refractivity contribution in [3.8, 4) is 0 Å². The Hall–Kier alpha value is -2.30. The number of alkyl carbamates (subject to hydrolysis) is 1. The molecule has 21 heavy (non-hydrogen) atoms. The molecule has 0 heterocycles. The van der Waals surface area contributed by atoms with Crippen molar-refractivity contribution in [1.29, 1.82) is 0 Å². The molecule has 0 aliphatic carbocycles. The summed E-state index contributed by atoms with van der Waals surface area (Å²) < 4.78 is 5.02. The minimum Gasteiger partial charge on any atom is -0.480 e. The molecule has 1 aromatic carbocycles. The third kappa shape index (κ3) is 6.12. The quantitative estimate of drug-likeness (QED) is 0.757. The van der Waals surface area contributed by atoms with Gasteiger partial charge in [0.25, 0.3) is 0 Å². The molecule has 0 aromatic heterocycles. The molecule has 5 nitrogen and oxygen atoms in total. The van der Waals surface area contributed by atoms with Gasteiger partial charge in [-0.25, -0.2) is 9.59 Å². The van der Waals surface area contributed by atoms with Crippen molar-refractivity contribution in [2.45, 2.75) is 32.9 Å². The second kappa shape index (κ2) is 7.47. The lowest BCUT2D eigenvalue weighted by Gasteiger charge is -2.24. The highest BCUT2D eigenvalue weighted by Crippen LogP contribution is 2.23. The van der Waals surface area contributed by atoms with E-state index in [0.29, 0.717) is 0 Å². The lowest BCUT2D eigenvalue weighted by atomic mass is 9.86. The van der Waals surface area contributed by atoms with Crippen LogP contribution in [0.15, 0.2) is 43.0 Å². The Bertz CT molecular complexity index is 496. The molecule has 1 rings (SSSR count). The van der Waals surface area contributed by atoms with E-state index in [4.69, 9.17) is 9.84 Å². The zero-order valence-electron chi connectivity index (χ0n) is 12.3. The predicted octanol–water partition coefficient (Wildman–Crippen LogP) is 2.97. The molecule has 0 aliphatic heterocycles. The molecule has 0 unspecified atom stereocenters. The summed E-state index contributed by atoms with van der Waals surface area (Å²) in [5.74, 6) is -1.10. The van der Waals surface area contributed by atoms with E-state index < -0.39 is 23.5 Å². The van der Waals surface area contributed by atoms with E-state index in [1.165, 1.54) is 0 Å². The van der Waals surface area contributed by atoms with Gasteiger partial charge in [0.2, 0.25) is 0 Å². The minimum atomic E-state index is -1.10. The number of ether oxygens (including phenoxy) is 1. The maximum Gasteiger partial charge on any atom is 0.408 e. The lowest BCUT2D eigenvalue weighted by molar-refractivity contribution is -0.140. The van der Waals surface area contributed by atoms with Crippen LogP contribution >= 0.6 is 0 Å². The standard InChI is InChI=1S/C16H21NO4/c1-4-16(2,3)10-13(14(18)19)17-15(20)21-11-12-8-6-5-7-9-12/h4-9,13H,1,10-11H2,2-3H3,(H,17,20)(H,18,19)/t13-/m0/s1. The molecule has 0 aliphatic rings. The van der Waals surface area contributed by atoms with Crippen LogP contribution < -0.4 is 5.32 Å². The largest absolute Gasteiger partial charge is 0.480 e. The number of nitrogens with one attached hydrogen (secondary N) is 1. The van der Waals surface area contributed by atoms with Crippen molar-refractivity contribution < 1.29 is 19.4 Å². The predicted molar refractivity (Wildman–Crippen MR) is 79.8 cm³/mol. The Balaban J connectivity index is 2.53. The van der Waals surface area contributed by atoms with Crippen LogP contribution in [0.3, 0.4) is 0 Å². The SMILES string of the molecule is C=CC(C)(C)C[C@H](NC(=O)OCc1ccccc1)C(=O)O. The van der Waals surface area contributed by atoms with Crippen LogP contribution in [0.1, 0.15) is 25.8 Å². The number of carbonyl (C=O) groups excluding carboxylic acids is 1. The van der Waals surface area contributed by atoms with Crippen LogP contribution in [0.2, 0.25) is 0 Å². The molecule has 0 saturated carbocycles. The molecule has 1 aromatic rings. The fraction of sp³-hybridized carbons (Fsp3) is 0.375. The second-order valence-corrected chi connectivity index (χ2v) is 5.49. The van der Waals surface area contributed by atoms with Gasteiger partial charge in [0.15, 0.2) is 0 Å². The maximum absolute atomic E-state index is 11.7. The van der Waals surface area contributed by atoms with Crippen molar-refractivity contribution >= 4 is 12.1 Å². The highest BCUT2D eigenvalue weighted by Gasteiger charge is 2.27. The van der Waals surface area contributed by atoms with Gasteiger partial charge in [-0.05, 0) is 17.4 Å². The molecule has 2 N–H and O–H groups in total. The number of carbonyl (C=O) groups is 2. The Labute approximate surface area is 124 Å². The average molecular weight is 291 g/mol. The molecule has 0 radical (unpaired) electrons. The first-order valence-corrected chi connectivity index (χ1v) is 6.67. The molecule has 1 amide bonds. The summed E-state index contributed by atoms with van der Waals surface area (Å²) in [7, 11) is 0. The van der Waals surface area contributed by atoms with Crippen molar-refractivity contribution in [2.75, 3.05) is 0 Å². The molecule has 1 atom stereocenters. The molecule has 0 fully saturated rings. The number of carboxylic acid groups (broad SMARTS) is 1. The number of aliphatic carboxylic acids is 1. The Kier molecular flexibility index (Phi) is 5.96. The summed E-state index contributed by atoms with van der Waals surface area (Å²) in [5, 5.41) is 11.5. The fourth-order valence-electron chi connectivity index (χ4n) is 1.72. The van der Waals surface area contributed by atoms with Gasteiger partial charge in [0.05, 0.1) is 0 Å². The van der Waals surface area contributed by atoms with Crippen molar-refractivity contribution in [2.24, 2.45) is 5.41 Å². The number of benzene rings is 1. The Morgan fingerprint density at radius 1 is 1.38 bits per heavy atom. The smallest absolute Gasteiger partial charge is 0.408 e. The van der Waals surface area contributed by atoms with Crippen LogP contribution in [0.25, 0.3) is 0 Å². The number of hydrogen-bond acceptors (Lipinski definition) is 3. The van der Waals surface area contributed by atoms with E-state index in [1.807, 2.05) is 44.2 Å². The topological polar surface area (TPSA) is 75.6 Å². The summed E-state index contributed by atoms with van der Waals surface area (Å²) in [4.78, 5) is 22.9. The molecule has 114 valence electrons. The zero-order chi connectivity index (χ0) is 15.9. The van der Waals surface area contributed by atoms with E-state index in [0.717, 1.165) is 5.56 Å². The second-order valence-electron chi connectivity index (χ2n) is 5.49. The van der Waals surface area contributed by atoms with Crippen molar-refractivity contribution in [1.82, 2.24) is 5.32 Å². The van der Waals surface area contributed by atoms with E-state index in [9.17, 15) is 9.59 Å². The van der Waals surface area contributed by atoms with Gasteiger partial charge >= 0.3 is 12.1 Å². The molecular weight excluding hydrogens is 270 g/mol. The van der Waals surface area contributed by atoms with Gasteiger partial charge in [0.1, 0.15) is 12.6 Å². The lowest BCUT2D eigenvalue weighted by Crippen LogP contribution is -2.43. The summed E-state index contributed by atoms with van der Waals surface area (Å²) in [5.41, 5.74) is 0.446. The summed E-state index contributed by atoms with van der Waals surface area (Å²) in [6.07, 6.45) is 1.16. The Morgan fingerprint density at radius 3 is 2.52 bits per heavy atom. The third-order valence-electron chi connectivity index (χ3n) is 3.09. The number of allylic oxidation sites excluding steroid dienone is 1. The maximum atomic E-state index is 11.7. The van der Waals surface area contributed by atoms with Crippen LogP contribution in [0, 0.1) is 5.41 Å². The molecule has 0 spiro atoms.